The van der Waals surface area contributed by atoms with Crippen molar-refractivity contribution >= 4 is 17.9 Å². The summed E-state index contributed by atoms with van der Waals surface area (Å²) in [5, 5.41) is 9.83. The van der Waals surface area contributed by atoms with Crippen LogP contribution >= 0.6 is 11.8 Å². The maximum Gasteiger partial charge on any atom is 0.410 e. The molecular formula is C16H21N3O2S. The molecule has 1 aliphatic rings. The van der Waals surface area contributed by atoms with Gasteiger partial charge in [0.2, 0.25) is 0 Å². The molecule has 0 spiro atoms. The van der Waals surface area contributed by atoms with E-state index in [2.05, 4.69) is 11.1 Å². The molecule has 0 aromatic carbocycles. The molecule has 2 heterocycles. The van der Waals surface area contributed by atoms with Crippen molar-refractivity contribution in [2.75, 3.05) is 18.8 Å². The van der Waals surface area contributed by atoms with Gasteiger partial charge in [0.15, 0.2) is 0 Å². The summed E-state index contributed by atoms with van der Waals surface area (Å²) in [5.74, 6) is 1.26. The van der Waals surface area contributed by atoms with Crippen LogP contribution in [0.2, 0.25) is 0 Å². The van der Waals surface area contributed by atoms with Gasteiger partial charge in [0.1, 0.15) is 16.7 Å². The zero-order valence-electron chi connectivity index (χ0n) is 13.2. The van der Waals surface area contributed by atoms with Crippen LogP contribution in [0.1, 0.15) is 32.8 Å². The lowest BCUT2D eigenvalue weighted by Gasteiger charge is -2.24. The number of likely N-dealkylation sites (tertiary alicyclic amines) is 1. The van der Waals surface area contributed by atoms with E-state index in [4.69, 9.17) is 10.00 Å². The van der Waals surface area contributed by atoms with E-state index in [-0.39, 0.29) is 6.09 Å². The Labute approximate surface area is 135 Å². The fraction of sp³-hybridized carbons (Fsp3) is 0.562. The molecule has 1 atom stereocenters. The van der Waals surface area contributed by atoms with Gasteiger partial charge in [0.25, 0.3) is 0 Å². The number of hydrogen-bond donors (Lipinski definition) is 0. The van der Waals surface area contributed by atoms with Crippen molar-refractivity contribution in [2.24, 2.45) is 5.92 Å². The molecular weight excluding hydrogens is 298 g/mol. The standard InChI is InChI=1S/C16H21N3O2S/c1-16(2,3)21-15(20)19-8-6-12(10-19)11-22-14-13(9-17)5-4-7-18-14/h4-5,7,12H,6,8,10-11H2,1-3H3/t12-/m1/s1. The number of ether oxygens (including phenoxy) is 1. The van der Waals surface area contributed by atoms with Crippen LogP contribution in [0.5, 0.6) is 0 Å². The first-order valence-corrected chi connectivity index (χ1v) is 8.33. The number of rotatable bonds is 3. The monoisotopic (exact) mass is 319 g/mol. The highest BCUT2D eigenvalue weighted by atomic mass is 32.2. The summed E-state index contributed by atoms with van der Waals surface area (Å²) in [5.41, 5.74) is 0.147. The zero-order valence-corrected chi connectivity index (χ0v) is 14.0. The molecule has 2 rings (SSSR count). The fourth-order valence-electron chi connectivity index (χ4n) is 2.25. The summed E-state index contributed by atoms with van der Waals surface area (Å²) < 4.78 is 5.39. The van der Waals surface area contributed by atoms with Crippen molar-refractivity contribution in [2.45, 2.75) is 37.8 Å². The molecule has 5 nitrogen and oxygen atoms in total. The van der Waals surface area contributed by atoms with Gasteiger partial charge in [-0.05, 0) is 45.2 Å². The molecule has 1 aliphatic heterocycles. The van der Waals surface area contributed by atoms with E-state index in [0.29, 0.717) is 18.0 Å². The highest BCUT2D eigenvalue weighted by Gasteiger charge is 2.29. The third-order valence-corrected chi connectivity index (χ3v) is 4.52. The SMILES string of the molecule is CC(C)(C)OC(=O)N1CC[C@@H](CSc2ncccc2C#N)C1. The highest BCUT2D eigenvalue weighted by Crippen LogP contribution is 2.27. The maximum atomic E-state index is 12.0. The van der Waals surface area contributed by atoms with E-state index >= 15 is 0 Å². The van der Waals surface area contributed by atoms with Crippen LogP contribution in [0.3, 0.4) is 0 Å². The van der Waals surface area contributed by atoms with Crippen LogP contribution in [0.4, 0.5) is 4.79 Å². The zero-order chi connectivity index (χ0) is 16.2. The molecule has 22 heavy (non-hydrogen) atoms. The minimum Gasteiger partial charge on any atom is -0.444 e. The third kappa shape index (κ3) is 4.63. The number of carbonyl (C=O) groups is 1. The Hall–Kier alpha value is -1.74. The predicted octanol–water partition coefficient (Wildman–Crippen LogP) is 3.30. The Balaban J connectivity index is 1.84. The van der Waals surface area contributed by atoms with Crippen molar-refractivity contribution < 1.29 is 9.53 Å². The molecule has 1 aromatic rings. The van der Waals surface area contributed by atoms with Gasteiger partial charge in [-0.1, -0.05) is 0 Å². The number of carbonyl (C=O) groups excluding carboxylic acids is 1. The predicted molar refractivity (Wildman–Crippen MR) is 85.6 cm³/mol. The van der Waals surface area contributed by atoms with Crippen molar-refractivity contribution in [3.63, 3.8) is 0 Å². The minimum absolute atomic E-state index is 0.240. The number of hydrogen-bond acceptors (Lipinski definition) is 5. The molecule has 1 aromatic heterocycles. The average molecular weight is 319 g/mol. The number of nitrogens with zero attached hydrogens (tertiary/aromatic N) is 3. The Kier molecular flexibility index (Phi) is 5.30. The summed E-state index contributed by atoms with van der Waals surface area (Å²) in [6.07, 6.45) is 2.42. The normalized spacial score (nSPS) is 18.1. The molecule has 1 amide bonds. The summed E-state index contributed by atoms with van der Waals surface area (Å²) in [4.78, 5) is 18.0. The Morgan fingerprint density at radius 3 is 3.05 bits per heavy atom. The summed E-state index contributed by atoms with van der Waals surface area (Å²) in [7, 11) is 0. The Morgan fingerprint density at radius 2 is 2.36 bits per heavy atom. The van der Waals surface area contributed by atoms with Crippen LogP contribution < -0.4 is 0 Å². The quantitative estimate of drug-likeness (QED) is 0.800. The minimum atomic E-state index is -0.459. The lowest BCUT2D eigenvalue weighted by Crippen LogP contribution is -2.35. The fourth-order valence-corrected chi connectivity index (χ4v) is 3.32. The van der Waals surface area contributed by atoms with Crippen LogP contribution in [-0.4, -0.2) is 40.4 Å². The molecule has 0 N–H and O–H groups in total. The van der Waals surface area contributed by atoms with E-state index in [0.717, 1.165) is 23.7 Å². The second kappa shape index (κ2) is 7.01. The van der Waals surface area contributed by atoms with E-state index in [1.165, 1.54) is 0 Å². The number of amides is 1. The lowest BCUT2D eigenvalue weighted by atomic mass is 10.2. The summed E-state index contributed by atoms with van der Waals surface area (Å²) >= 11 is 1.58. The van der Waals surface area contributed by atoms with Gasteiger partial charge < -0.3 is 9.64 Å². The first-order valence-electron chi connectivity index (χ1n) is 7.35. The first-order chi connectivity index (χ1) is 10.4. The number of aromatic nitrogens is 1. The summed E-state index contributed by atoms with van der Waals surface area (Å²) in [6, 6.07) is 5.70. The molecule has 0 radical (unpaired) electrons. The second-order valence-electron chi connectivity index (χ2n) is 6.36. The molecule has 1 saturated heterocycles. The van der Waals surface area contributed by atoms with E-state index in [9.17, 15) is 4.79 Å². The van der Waals surface area contributed by atoms with Gasteiger partial charge >= 0.3 is 6.09 Å². The van der Waals surface area contributed by atoms with Crippen molar-refractivity contribution in [3.05, 3.63) is 23.9 Å². The van der Waals surface area contributed by atoms with Crippen LogP contribution in [0.25, 0.3) is 0 Å². The number of pyridine rings is 1. The number of nitriles is 1. The van der Waals surface area contributed by atoms with Gasteiger partial charge in [-0.2, -0.15) is 5.26 Å². The Bertz CT molecular complexity index is 577. The number of thioether (sulfide) groups is 1. The topological polar surface area (TPSA) is 66.2 Å². The van der Waals surface area contributed by atoms with Gasteiger partial charge in [0.05, 0.1) is 5.56 Å². The molecule has 1 fully saturated rings. The van der Waals surface area contributed by atoms with E-state index < -0.39 is 5.60 Å². The molecule has 0 aliphatic carbocycles. The van der Waals surface area contributed by atoms with Crippen LogP contribution in [0, 0.1) is 17.2 Å². The van der Waals surface area contributed by atoms with Gasteiger partial charge in [-0.15, -0.1) is 11.8 Å². The van der Waals surface area contributed by atoms with Crippen LogP contribution in [-0.2, 0) is 4.74 Å². The molecule has 0 unspecified atom stereocenters. The summed E-state index contributed by atoms with van der Waals surface area (Å²) in [6.45, 7) is 7.06. The lowest BCUT2D eigenvalue weighted by molar-refractivity contribution is 0.0289. The van der Waals surface area contributed by atoms with Gasteiger partial charge in [-0.25, -0.2) is 9.78 Å². The largest absolute Gasteiger partial charge is 0.444 e. The molecule has 6 heteroatoms. The van der Waals surface area contributed by atoms with Crippen LogP contribution in [0.15, 0.2) is 23.4 Å². The first kappa shape index (κ1) is 16.6. The van der Waals surface area contributed by atoms with Gasteiger partial charge in [0, 0.05) is 25.0 Å². The molecule has 118 valence electrons. The van der Waals surface area contributed by atoms with Crippen molar-refractivity contribution in [3.8, 4) is 6.07 Å². The highest BCUT2D eigenvalue weighted by molar-refractivity contribution is 7.99. The van der Waals surface area contributed by atoms with E-state index in [1.54, 1.807) is 35.0 Å². The molecule has 0 saturated carbocycles. The van der Waals surface area contributed by atoms with Crippen molar-refractivity contribution in [1.29, 1.82) is 5.26 Å². The van der Waals surface area contributed by atoms with Gasteiger partial charge in [-0.3, -0.25) is 0 Å². The second-order valence-corrected chi connectivity index (χ2v) is 7.37. The average Bonchev–Trinajstić information content (AvgIpc) is 2.92. The Morgan fingerprint density at radius 1 is 1.59 bits per heavy atom. The van der Waals surface area contributed by atoms with E-state index in [1.807, 2.05) is 20.8 Å². The third-order valence-electron chi connectivity index (χ3n) is 3.28. The molecule has 0 bridgehead atoms. The smallest absolute Gasteiger partial charge is 0.410 e. The van der Waals surface area contributed by atoms with Crippen molar-refractivity contribution in [1.82, 2.24) is 9.88 Å². The maximum absolute atomic E-state index is 12.0.